The number of nitrogens with zero attached hydrogens (tertiary/aromatic N) is 2. The summed E-state index contributed by atoms with van der Waals surface area (Å²) in [5.41, 5.74) is 4.70. The molecule has 0 aliphatic rings. The summed E-state index contributed by atoms with van der Waals surface area (Å²) in [5.74, 6) is 0.862. The fourth-order valence-electron chi connectivity index (χ4n) is 3.52. The molecule has 3 rings (SSSR count). The number of rotatable bonds is 12. The molecule has 4 nitrogen and oxygen atoms in total. The quantitative estimate of drug-likeness (QED) is 0.343. The van der Waals surface area contributed by atoms with Gasteiger partial charge in [0, 0.05) is 18.8 Å². The van der Waals surface area contributed by atoms with Gasteiger partial charge in [-0.15, -0.1) is 0 Å². The van der Waals surface area contributed by atoms with Gasteiger partial charge in [0.05, 0.1) is 24.1 Å². The molecule has 1 atom stereocenters. The van der Waals surface area contributed by atoms with Crippen LogP contribution < -0.4 is 4.74 Å². The second kappa shape index (κ2) is 12.2. The molecule has 2 heterocycles. The van der Waals surface area contributed by atoms with Crippen LogP contribution in [-0.2, 0) is 6.42 Å². The van der Waals surface area contributed by atoms with E-state index in [1.807, 2.05) is 67.8 Å². The standard InChI is InChI=1S/C27H34N2O2/c1-3-4-5-6-7-8-17-31-24-13-11-23(12-14-24)27(30)18-22-10-16-26(29-20-22)25-15-9-21(2)19-28-25/h9-16,19-20,27,30H,3-8,17-18H2,1-2H3. The molecule has 3 aromatic rings. The zero-order chi connectivity index (χ0) is 21.9. The third kappa shape index (κ3) is 7.48. The van der Waals surface area contributed by atoms with Gasteiger partial charge in [-0.3, -0.25) is 9.97 Å². The van der Waals surface area contributed by atoms with Gasteiger partial charge >= 0.3 is 0 Å². The summed E-state index contributed by atoms with van der Waals surface area (Å²) in [7, 11) is 0. The summed E-state index contributed by atoms with van der Waals surface area (Å²) >= 11 is 0. The third-order valence-electron chi connectivity index (χ3n) is 5.46. The lowest BCUT2D eigenvalue weighted by molar-refractivity contribution is 0.178. The molecule has 0 saturated heterocycles. The molecule has 1 unspecified atom stereocenters. The van der Waals surface area contributed by atoms with Gasteiger partial charge in [0.1, 0.15) is 5.75 Å². The highest BCUT2D eigenvalue weighted by Gasteiger charge is 2.10. The Balaban J connectivity index is 1.45. The van der Waals surface area contributed by atoms with E-state index in [4.69, 9.17) is 4.74 Å². The normalized spacial score (nSPS) is 12.0. The Bertz CT molecular complexity index is 890. The minimum absolute atomic E-state index is 0.520. The number of pyridine rings is 2. The second-order valence-corrected chi connectivity index (χ2v) is 8.18. The van der Waals surface area contributed by atoms with E-state index in [1.54, 1.807) is 0 Å². The predicted molar refractivity (Wildman–Crippen MR) is 126 cm³/mol. The summed E-state index contributed by atoms with van der Waals surface area (Å²) in [6, 6.07) is 15.7. The Labute approximate surface area is 186 Å². The summed E-state index contributed by atoms with van der Waals surface area (Å²) in [4.78, 5) is 8.93. The van der Waals surface area contributed by atoms with E-state index in [0.717, 1.165) is 46.9 Å². The van der Waals surface area contributed by atoms with Gasteiger partial charge < -0.3 is 9.84 Å². The maximum absolute atomic E-state index is 10.6. The van der Waals surface area contributed by atoms with Gasteiger partial charge in [0.15, 0.2) is 0 Å². The van der Waals surface area contributed by atoms with Gasteiger partial charge in [-0.25, -0.2) is 0 Å². The molecule has 31 heavy (non-hydrogen) atoms. The molecule has 0 aliphatic carbocycles. The van der Waals surface area contributed by atoms with Gasteiger partial charge in [0.25, 0.3) is 0 Å². The molecular formula is C27H34N2O2. The minimum Gasteiger partial charge on any atom is -0.494 e. The molecule has 0 aliphatic heterocycles. The van der Waals surface area contributed by atoms with Crippen molar-refractivity contribution in [3.05, 3.63) is 77.6 Å². The van der Waals surface area contributed by atoms with Crippen LogP contribution >= 0.6 is 0 Å². The molecule has 0 radical (unpaired) electrons. The monoisotopic (exact) mass is 418 g/mol. The van der Waals surface area contributed by atoms with E-state index in [9.17, 15) is 5.11 Å². The molecule has 2 aromatic heterocycles. The lowest BCUT2D eigenvalue weighted by Gasteiger charge is -2.13. The number of ether oxygens (including phenoxy) is 1. The first-order valence-electron chi connectivity index (χ1n) is 11.4. The Morgan fingerprint density at radius 3 is 2.13 bits per heavy atom. The lowest BCUT2D eigenvalue weighted by Crippen LogP contribution is -2.03. The fraction of sp³-hybridized carbons (Fsp3) is 0.407. The second-order valence-electron chi connectivity index (χ2n) is 8.18. The van der Waals surface area contributed by atoms with E-state index in [-0.39, 0.29) is 0 Å². The number of benzene rings is 1. The van der Waals surface area contributed by atoms with E-state index >= 15 is 0 Å². The maximum atomic E-state index is 10.6. The van der Waals surface area contributed by atoms with Crippen LogP contribution in [0.1, 0.15) is 68.2 Å². The number of hydrogen-bond donors (Lipinski definition) is 1. The molecule has 4 heteroatoms. The van der Waals surface area contributed by atoms with Crippen LogP contribution in [0.15, 0.2) is 60.9 Å². The van der Waals surface area contributed by atoms with Crippen LogP contribution in [0.25, 0.3) is 11.4 Å². The Kier molecular flexibility index (Phi) is 9.04. The van der Waals surface area contributed by atoms with Crippen LogP contribution in [0, 0.1) is 6.92 Å². The molecule has 1 aromatic carbocycles. The van der Waals surface area contributed by atoms with Crippen LogP contribution in [0.3, 0.4) is 0 Å². The zero-order valence-electron chi connectivity index (χ0n) is 18.8. The van der Waals surface area contributed by atoms with E-state index < -0.39 is 6.10 Å². The highest BCUT2D eigenvalue weighted by atomic mass is 16.5. The van der Waals surface area contributed by atoms with E-state index in [0.29, 0.717) is 6.42 Å². The van der Waals surface area contributed by atoms with Crippen molar-refractivity contribution >= 4 is 0 Å². The highest BCUT2D eigenvalue weighted by Crippen LogP contribution is 2.22. The van der Waals surface area contributed by atoms with Crippen molar-refractivity contribution in [2.75, 3.05) is 6.61 Å². The smallest absolute Gasteiger partial charge is 0.119 e. The van der Waals surface area contributed by atoms with Crippen LogP contribution in [0.2, 0.25) is 0 Å². The highest BCUT2D eigenvalue weighted by molar-refractivity contribution is 5.54. The van der Waals surface area contributed by atoms with Crippen molar-refractivity contribution in [1.82, 2.24) is 9.97 Å². The Morgan fingerprint density at radius 2 is 1.48 bits per heavy atom. The number of hydrogen-bond acceptors (Lipinski definition) is 4. The van der Waals surface area contributed by atoms with Gasteiger partial charge in [-0.1, -0.05) is 63.3 Å². The lowest BCUT2D eigenvalue weighted by atomic mass is 10.0. The van der Waals surface area contributed by atoms with Gasteiger partial charge in [0.2, 0.25) is 0 Å². The van der Waals surface area contributed by atoms with Crippen molar-refractivity contribution < 1.29 is 9.84 Å². The predicted octanol–water partition coefficient (Wildman–Crippen LogP) is 6.47. The number of aromatic nitrogens is 2. The first-order valence-corrected chi connectivity index (χ1v) is 11.4. The molecule has 164 valence electrons. The Hall–Kier alpha value is -2.72. The van der Waals surface area contributed by atoms with Gasteiger partial charge in [-0.05, 0) is 54.3 Å². The minimum atomic E-state index is -0.572. The topological polar surface area (TPSA) is 55.2 Å². The average Bonchev–Trinajstić information content (AvgIpc) is 2.80. The fourth-order valence-corrected chi connectivity index (χ4v) is 3.52. The average molecular weight is 419 g/mol. The van der Waals surface area contributed by atoms with E-state index in [1.165, 1.54) is 32.1 Å². The largest absolute Gasteiger partial charge is 0.494 e. The number of unbranched alkanes of at least 4 members (excludes halogenated alkanes) is 5. The molecule has 0 amide bonds. The number of aryl methyl sites for hydroxylation is 1. The van der Waals surface area contributed by atoms with E-state index in [2.05, 4.69) is 16.9 Å². The van der Waals surface area contributed by atoms with Crippen molar-refractivity contribution in [3.63, 3.8) is 0 Å². The first kappa shape index (κ1) is 23.0. The van der Waals surface area contributed by atoms with Crippen molar-refractivity contribution in [1.29, 1.82) is 0 Å². The SMILES string of the molecule is CCCCCCCCOc1ccc(C(O)Cc2ccc(-c3ccc(C)cn3)nc2)cc1. The zero-order valence-corrected chi connectivity index (χ0v) is 18.8. The molecular weight excluding hydrogens is 384 g/mol. The summed E-state index contributed by atoms with van der Waals surface area (Å²) in [5, 5.41) is 10.6. The van der Waals surface area contributed by atoms with Crippen molar-refractivity contribution in [2.24, 2.45) is 0 Å². The number of aliphatic hydroxyl groups is 1. The summed E-state index contributed by atoms with van der Waals surface area (Å²) in [6.07, 6.45) is 11.1. The third-order valence-corrected chi connectivity index (χ3v) is 5.46. The van der Waals surface area contributed by atoms with Crippen LogP contribution in [-0.4, -0.2) is 21.7 Å². The van der Waals surface area contributed by atoms with Crippen molar-refractivity contribution in [3.8, 4) is 17.1 Å². The van der Waals surface area contributed by atoms with Gasteiger partial charge in [-0.2, -0.15) is 0 Å². The van der Waals surface area contributed by atoms with Crippen molar-refractivity contribution in [2.45, 2.75) is 64.9 Å². The van der Waals surface area contributed by atoms with Crippen LogP contribution in [0.4, 0.5) is 0 Å². The first-order chi connectivity index (χ1) is 15.2. The maximum Gasteiger partial charge on any atom is 0.119 e. The molecule has 0 bridgehead atoms. The summed E-state index contributed by atoms with van der Waals surface area (Å²) in [6.45, 7) is 5.01. The molecule has 0 fully saturated rings. The number of aliphatic hydroxyl groups excluding tert-OH is 1. The molecule has 0 saturated carbocycles. The summed E-state index contributed by atoms with van der Waals surface area (Å²) < 4.78 is 5.83. The molecule has 1 N–H and O–H groups in total. The molecule has 0 spiro atoms. The Morgan fingerprint density at radius 1 is 0.806 bits per heavy atom. The van der Waals surface area contributed by atoms with Crippen LogP contribution in [0.5, 0.6) is 5.75 Å².